The number of halogens is 3. The van der Waals surface area contributed by atoms with Crippen molar-refractivity contribution < 1.29 is 18.0 Å². The number of carbonyl (C=O) groups is 1. The van der Waals surface area contributed by atoms with Gasteiger partial charge in [-0.3, -0.25) is 4.79 Å². The summed E-state index contributed by atoms with van der Waals surface area (Å²) in [6.45, 7) is 4.72. The van der Waals surface area contributed by atoms with Crippen LogP contribution in [0.1, 0.15) is 40.2 Å². The van der Waals surface area contributed by atoms with Crippen LogP contribution in [0.4, 0.5) is 19.1 Å². The van der Waals surface area contributed by atoms with Gasteiger partial charge in [0.2, 0.25) is 5.95 Å². The van der Waals surface area contributed by atoms with Gasteiger partial charge >= 0.3 is 6.18 Å². The third kappa shape index (κ3) is 4.46. The first-order valence-electron chi connectivity index (χ1n) is 11.1. The van der Waals surface area contributed by atoms with Gasteiger partial charge in [0.15, 0.2) is 5.69 Å². The van der Waals surface area contributed by atoms with E-state index < -0.39 is 11.7 Å². The summed E-state index contributed by atoms with van der Waals surface area (Å²) in [6.07, 6.45) is 2.47. The normalized spacial score (nSPS) is 21.8. The van der Waals surface area contributed by atoms with E-state index in [0.29, 0.717) is 36.3 Å². The van der Waals surface area contributed by atoms with E-state index in [1.165, 1.54) is 0 Å². The van der Waals surface area contributed by atoms with Gasteiger partial charge in [-0.15, -0.1) is 0 Å². The maximum Gasteiger partial charge on any atom is 0.419 e. The molecular weight excluding hydrogens is 447 g/mol. The van der Waals surface area contributed by atoms with Crippen molar-refractivity contribution in [2.45, 2.75) is 38.9 Å². The zero-order valence-electron chi connectivity index (χ0n) is 18.8. The molecule has 0 aromatic carbocycles. The lowest BCUT2D eigenvalue weighted by atomic mass is 10.0. The number of anilines is 1. The van der Waals surface area contributed by atoms with Crippen LogP contribution < -0.4 is 5.32 Å². The molecular formula is C23H24F3N7O. The molecule has 1 aliphatic heterocycles. The largest absolute Gasteiger partial charge is 0.419 e. The topological polar surface area (TPSA) is 88.8 Å². The number of piperidine rings is 1. The van der Waals surface area contributed by atoms with Crippen LogP contribution in [0.5, 0.6) is 0 Å². The molecule has 0 radical (unpaired) electrons. The zero-order valence-corrected chi connectivity index (χ0v) is 18.8. The van der Waals surface area contributed by atoms with E-state index in [1.54, 1.807) is 10.9 Å². The Balaban J connectivity index is 1.37. The quantitative estimate of drug-likeness (QED) is 0.611. The molecule has 2 aliphatic rings. The fourth-order valence-electron chi connectivity index (χ4n) is 4.49. The standard InChI is InChI=1S/C23H24F3N7O/c1-13-7-30-33(11-13)19-4-3-14(2)31-20(19)21(34)32-12-16-5-15(16)6-18(32)10-29-22-27-8-17(9-28-22)23(24,25)26/h3-4,7-9,11,15-16,18H,5-6,10,12H2,1-2H3,(H,27,28,29)/t15-,16+,18+/m1/s1. The number of nitrogens with zero attached hydrogens (tertiary/aromatic N) is 6. The molecule has 2 fully saturated rings. The van der Waals surface area contributed by atoms with Crippen LogP contribution in [0.2, 0.25) is 0 Å². The summed E-state index contributed by atoms with van der Waals surface area (Å²) in [5.41, 5.74) is 1.74. The molecule has 3 aromatic rings. The second-order valence-corrected chi connectivity index (χ2v) is 9.06. The Bertz CT molecular complexity index is 1210. The van der Waals surface area contributed by atoms with E-state index in [2.05, 4.69) is 25.4 Å². The van der Waals surface area contributed by atoms with E-state index in [-0.39, 0.29) is 17.9 Å². The number of pyridine rings is 1. The Morgan fingerprint density at radius 2 is 1.88 bits per heavy atom. The Kier molecular flexibility index (Phi) is 5.49. The van der Waals surface area contributed by atoms with E-state index in [1.807, 2.05) is 37.1 Å². The van der Waals surface area contributed by atoms with E-state index in [0.717, 1.165) is 36.5 Å². The summed E-state index contributed by atoms with van der Waals surface area (Å²) >= 11 is 0. The summed E-state index contributed by atoms with van der Waals surface area (Å²) in [5, 5.41) is 7.35. The van der Waals surface area contributed by atoms with Gasteiger partial charge in [-0.05, 0) is 56.2 Å². The van der Waals surface area contributed by atoms with E-state index in [9.17, 15) is 18.0 Å². The van der Waals surface area contributed by atoms with Crippen molar-refractivity contribution in [3.8, 4) is 5.69 Å². The number of aromatic nitrogens is 5. The molecule has 1 aliphatic carbocycles. The number of carbonyl (C=O) groups excluding carboxylic acids is 1. The Morgan fingerprint density at radius 1 is 1.12 bits per heavy atom. The molecule has 3 atom stereocenters. The number of fused-ring (bicyclic) bond motifs is 1. The van der Waals surface area contributed by atoms with Crippen LogP contribution in [-0.2, 0) is 6.18 Å². The highest BCUT2D eigenvalue weighted by atomic mass is 19.4. The molecule has 1 N–H and O–H groups in total. The molecule has 11 heteroatoms. The van der Waals surface area contributed by atoms with Crippen molar-refractivity contribution in [1.29, 1.82) is 0 Å². The smallest absolute Gasteiger partial charge is 0.352 e. The molecule has 1 saturated heterocycles. The number of aryl methyl sites for hydroxylation is 2. The minimum atomic E-state index is -4.49. The van der Waals surface area contributed by atoms with E-state index >= 15 is 0 Å². The highest BCUT2D eigenvalue weighted by molar-refractivity contribution is 5.96. The number of hydrogen-bond acceptors (Lipinski definition) is 6. The number of amides is 1. The van der Waals surface area contributed by atoms with Gasteiger partial charge in [-0.25, -0.2) is 19.6 Å². The first kappa shape index (κ1) is 22.3. The number of rotatable bonds is 5. The molecule has 1 amide bonds. The number of nitrogens with one attached hydrogen (secondary N) is 1. The summed E-state index contributed by atoms with van der Waals surface area (Å²) in [4.78, 5) is 27.7. The number of likely N-dealkylation sites (tertiary alicyclic amines) is 1. The lowest BCUT2D eigenvalue weighted by Gasteiger charge is -2.35. The number of alkyl halides is 3. The van der Waals surface area contributed by atoms with Crippen molar-refractivity contribution in [2.75, 3.05) is 18.4 Å². The third-order valence-electron chi connectivity index (χ3n) is 6.43. The van der Waals surface area contributed by atoms with Crippen molar-refractivity contribution in [3.63, 3.8) is 0 Å². The minimum absolute atomic E-state index is 0.0969. The monoisotopic (exact) mass is 471 g/mol. The molecule has 0 bridgehead atoms. The van der Waals surface area contributed by atoms with Gasteiger partial charge in [0.05, 0.1) is 17.4 Å². The molecule has 0 unspecified atom stereocenters. The number of hydrogen-bond donors (Lipinski definition) is 1. The third-order valence-corrected chi connectivity index (χ3v) is 6.43. The summed E-state index contributed by atoms with van der Waals surface area (Å²) in [6, 6.07) is 3.53. The maximum atomic E-state index is 13.7. The summed E-state index contributed by atoms with van der Waals surface area (Å²) in [7, 11) is 0. The molecule has 1 saturated carbocycles. The van der Waals surface area contributed by atoms with Crippen LogP contribution >= 0.6 is 0 Å². The van der Waals surface area contributed by atoms with Gasteiger partial charge in [0.25, 0.3) is 5.91 Å². The van der Waals surface area contributed by atoms with Crippen molar-refractivity contribution in [1.82, 2.24) is 29.6 Å². The fourth-order valence-corrected chi connectivity index (χ4v) is 4.49. The highest BCUT2D eigenvalue weighted by Gasteiger charge is 2.47. The molecule has 0 spiro atoms. The first-order chi connectivity index (χ1) is 16.2. The van der Waals surface area contributed by atoms with Crippen LogP contribution in [-0.4, -0.2) is 54.7 Å². The Labute approximate surface area is 194 Å². The minimum Gasteiger partial charge on any atom is -0.352 e. The average Bonchev–Trinajstić information content (AvgIpc) is 3.44. The SMILES string of the molecule is Cc1cnn(-c2ccc(C)nc2C(=O)N2C[C@@H]3C[C@@H]3C[C@H]2CNc2ncc(C(F)(F)F)cn2)c1. The molecule has 3 aromatic heterocycles. The zero-order chi connectivity index (χ0) is 24.0. The van der Waals surface area contributed by atoms with E-state index in [4.69, 9.17) is 0 Å². The molecule has 8 nitrogen and oxygen atoms in total. The van der Waals surface area contributed by atoms with Crippen molar-refractivity contribution >= 4 is 11.9 Å². The summed E-state index contributed by atoms with van der Waals surface area (Å²) in [5.74, 6) is 0.947. The molecule has 178 valence electrons. The van der Waals surface area contributed by atoms with Gasteiger partial charge in [0.1, 0.15) is 0 Å². The van der Waals surface area contributed by atoms with Crippen LogP contribution in [0.15, 0.2) is 36.9 Å². The predicted molar refractivity (Wildman–Crippen MR) is 117 cm³/mol. The second-order valence-electron chi connectivity index (χ2n) is 9.06. The van der Waals surface area contributed by atoms with Gasteiger partial charge in [-0.1, -0.05) is 0 Å². The fraction of sp³-hybridized carbons (Fsp3) is 0.435. The van der Waals surface area contributed by atoms with Crippen molar-refractivity contribution in [3.05, 3.63) is 59.4 Å². The summed E-state index contributed by atoms with van der Waals surface area (Å²) < 4.78 is 40.0. The second kappa shape index (κ2) is 8.37. The first-order valence-corrected chi connectivity index (χ1v) is 11.1. The lowest BCUT2D eigenvalue weighted by Crippen LogP contribution is -2.48. The van der Waals surface area contributed by atoms with Gasteiger partial charge < -0.3 is 10.2 Å². The maximum absolute atomic E-state index is 13.7. The average molecular weight is 471 g/mol. The highest BCUT2D eigenvalue weighted by Crippen LogP contribution is 2.47. The van der Waals surface area contributed by atoms with Crippen LogP contribution in [0.3, 0.4) is 0 Å². The molecule has 34 heavy (non-hydrogen) atoms. The van der Waals surface area contributed by atoms with Gasteiger partial charge in [-0.2, -0.15) is 18.3 Å². The van der Waals surface area contributed by atoms with Gasteiger partial charge in [0, 0.05) is 43.4 Å². The van der Waals surface area contributed by atoms with Crippen LogP contribution in [0, 0.1) is 25.7 Å². The predicted octanol–water partition coefficient (Wildman–Crippen LogP) is 3.66. The molecule has 4 heterocycles. The van der Waals surface area contributed by atoms with Crippen molar-refractivity contribution in [2.24, 2.45) is 11.8 Å². The lowest BCUT2D eigenvalue weighted by molar-refractivity contribution is -0.138. The molecule has 5 rings (SSSR count). The Morgan fingerprint density at radius 3 is 2.56 bits per heavy atom. The van der Waals surface area contributed by atoms with Crippen LogP contribution in [0.25, 0.3) is 5.69 Å². The Hall–Kier alpha value is -3.50.